The molecule has 122 valence electrons. The van der Waals surface area contributed by atoms with Crippen LogP contribution < -0.4 is 5.32 Å². The van der Waals surface area contributed by atoms with Crippen LogP contribution in [0.4, 0.5) is 0 Å². The van der Waals surface area contributed by atoms with E-state index in [0.29, 0.717) is 6.42 Å². The summed E-state index contributed by atoms with van der Waals surface area (Å²) in [5, 5.41) is 10.2. The van der Waals surface area contributed by atoms with Gasteiger partial charge >= 0.3 is 0 Å². The highest BCUT2D eigenvalue weighted by Gasteiger charge is 2.44. The molecule has 2 aromatic heterocycles. The number of nitrogens with one attached hydrogen (secondary N) is 1. The lowest BCUT2D eigenvalue weighted by atomic mass is 9.96. The number of nitrogens with zero attached hydrogens (tertiary/aromatic N) is 1. The van der Waals surface area contributed by atoms with Gasteiger partial charge in [-0.25, -0.2) is 4.98 Å². The Hall–Kier alpha value is -1.98. The third kappa shape index (κ3) is 3.28. The summed E-state index contributed by atoms with van der Waals surface area (Å²) in [5.74, 6) is 0.0550. The van der Waals surface area contributed by atoms with Gasteiger partial charge in [-0.15, -0.1) is 11.3 Å². The SMILES string of the molecule is O=C(Cc1csc(-c2ccsc2)n1)NCC1(c2ccccc2)CC1. The van der Waals surface area contributed by atoms with E-state index in [2.05, 4.69) is 46.0 Å². The molecule has 0 aliphatic heterocycles. The molecule has 1 amide bonds. The zero-order chi connectivity index (χ0) is 16.4. The maximum Gasteiger partial charge on any atom is 0.226 e. The topological polar surface area (TPSA) is 42.0 Å². The van der Waals surface area contributed by atoms with Crippen molar-refractivity contribution < 1.29 is 4.79 Å². The summed E-state index contributed by atoms with van der Waals surface area (Å²) < 4.78 is 0. The number of benzene rings is 1. The predicted octanol–water partition coefficient (Wildman–Crippen LogP) is 4.26. The molecular weight excluding hydrogens is 336 g/mol. The lowest BCUT2D eigenvalue weighted by Gasteiger charge is -2.16. The van der Waals surface area contributed by atoms with Crippen LogP contribution in [-0.2, 0) is 16.6 Å². The molecule has 3 aromatic rings. The van der Waals surface area contributed by atoms with Gasteiger partial charge in [0, 0.05) is 28.3 Å². The summed E-state index contributed by atoms with van der Waals surface area (Å²) >= 11 is 3.26. The largest absolute Gasteiger partial charge is 0.355 e. The molecule has 0 atom stereocenters. The second-order valence-electron chi connectivity index (χ2n) is 6.26. The Kier molecular flexibility index (Phi) is 4.21. The number of amides is 1. The Balaban J connectivity index is 1.34. The van der Waals surface area contributed by atoms with Gasteiger partial charge in [0.15, 0.2) is 0 Å². The molecule has 4 rings (SSSR count). The van der Waals surface area contributed by atoms with Crippen LogP contribution in [0.25, 0.3) is 10.6 Å². The molecule has 3 nitrogen and oxygen atoms in total. The fourth-order valence-corrected chi connectivity index (χ4v) is 4.44. The molecular formula is C19H18N2OS2. The van der Waals surface area contributed by atoms with Gasteiger partial charge in [0.2, 0.25) is 5.91 Å². The number of aromatic nitrogens is 1. The average Bonchev–Trinajstić information content (AvgIpc) is 3.00. The molecule has 0 radical (unpaired) electrons. The van der Waals surface area contributed by atoms with Gasteiger partial charge < -0.3 is 5.32 Å². The van der Waals surface area contributed by atoms with Gasteiger partial charge in [0.25, 0.3) is 0 Å². The smallest absolute Gasteiger partial charge is 0.226 e. The number of carbonyl (C=O) groups is 1. The van der Waals surface area contributed by atoms with Crippen LogP contribution >= 0.6 is 22.7 Å². The quantitative estimate of drug-likeness (QED) is 0.718. The van der Waals surface area contributed by atoms with Crippen molar-refractivity contribution in [3.63, 3.8) is 0 Å². The molecule has 1 aliphatic rings. The average molecular weight is 355 g/mol. The van der Waals surface area contributed by atoms with Crippen LogP contribution in [0.1, 0.15) is 24.1 Å². The third-order valence-electron chi connectivity index (χ3n) is 4.53. The maximum atomic E-state index is 12.3. The molecule has 1 aliphatic carbocycles. The molecule has 0 saturated heterocycles. The molecule has 1 N–H and O–H groups in total. The lowest BCUT2D eigenvalue weighted by molar-refractivity contribution is -0.120. The minimum atomic E-state index is 0.0550. The van der Waals surface area contributed by atoms with E-state index in [1.165, 1.54) is 5.56 Å². The van der Waals surface area contributed by atoms with E-state index in [1.807, 2.05) is 16.8 Å². The molecule has 1 fully saturated rings. The number of carbonyl (C=O) groups excluding carboxylic acids is 1. The second kappa shape index (κ2) is 6.49. The van der Waals surface area contributed by atoms with E-state index in [4.69, 9.17) is 0 Å². The Morgan fingerprint density at radius 3 is 2.71 bits per heavy atom. The van der Waals surface area contributed by atoms with E-state index in [9.17, 15) is 4.79 Å². The van der Waals surface area contributed by atoms with Crippen LogP contribution in [0.15, 0.2) is 52.5 Å². The standard InChI is InChI=1S/C19H18N2OS2/c22-17(10-16-12-24-18(21-16)14-6-9-23-11-14)20-13-19(7-8-19)15-4-2-1-3-5-15/h1-6,9,11-12H,7-8,10,13H2,(H,20,22). The summed E-state index contributed by atoms with van der Waals surface area (Å²) in [6.45, 7) is 0.720. The highest BCUT2D eigenvalue weighted by atomic mass is 32.1. The first-order valence-corrected chi connectivity index (χ1v) is 9.87. The molecule has 0 bridgehead atoms. The zero-order valence-electron chi connectivity index (χ0n) is 13.2. The van der Waals surface area contributed by atoms with Gasteiger partial charge in [-0.1, -0.05) is 30.3 Å². The lowest BCUT2D eigenvalue weighted by Crippen LogP contribution is -2.33. The molecule has 1 aromatic carbocycles. The Morgan fingerprint density at radius 1 is 1.17 bits per heavy atom. The molecule has 5 heteroatoms. The van der Waals surface area contributed by atoms with E-state index in [0.717, 1.165) is 35.7 Å². The van der Waals surface area contributed by atoms with Gasteiger partial charge in [-0.05, 0) is 29.9 Å². The van der Waals surface area contributed by atoms with Gasteiger partial charge in [0.1, 0.15) is 5.01 Å². The van der Waals surface area contributed by atoms with Gasteiger partial charge in [-0.3, -0.25) is 4.79 Å². The Bertz CT molecular complexity index is 820. The number of rotatable bonds is 6. The molecule has 24 heavy (non-hydrogen) atoms. The van der Waals surface area contributed by atoms with Crippen LogP contribution in [0, 0.1) is 0 Å². The van der Waals surface area contributed by atoms with Crippen molar-refractivity contribution in [2.75, 3.05) is 6.54 Å². The minimum absolute atomic E-state index is 0.0550. The summed E-state index contributed by atoms with van der Waals surface area (Å²) in [6.07, 6.45) is 2.65. The first-order valence-electron chi connectivity index (χ1n) is 8.04. The predicted molar refractivity (Wildman–Crippen MR) is 99.5 cm³/mol. The summed E-state index contributed by atoms with van der Waals surface area (Å²) in [4.78, 5) is 16.8. The van der Waals surface area contributed by atoms with Gasteiger partial charge in [0.05, 0.1) is 12.1 Å². The van der Waals surface area contributed by atoms with Crippen molar-refractivity contribution in [3.05, 3.63) is 63.8 Å². The first-order chi connectivity index (χ1) is 11.8. The number of hydrogen-bond acceptors (Lipinski definition) is 4. The van der Waals surface area contributed by atoms with Gasteiger partial charge in [-0.2, -0.15) is 11.3 Å². The zero-order valence-corrected chi connectivity index (χ0v) is 14.8. The number of thiophene rings is 1. The maximum absolute atomic E-state index is 12.3. The molecule has 2 heterocycles. The third-order valence-corrected chi connectivity index (χ3v) is 6.15. The van der Waals surface area contributed by atoms with Crippen molar-refractivity contribution in [2.24, 2.45) is 0 Å². The number of thiazole rings is 1. The van der Waals surface area contributed by atoms with Crippen molar-refractivity contribution in [3.8, 4) is 10.6 Å². The van der Waals surface area contributed by atoms with Crippen LogP contribution in [-0.4, -0.2) is 17.4 Å². The highest BCUT2D eigenvalue weighted by molar-refractivity contribution is 7.14. The molecule has 0 spiro atoms. The Labute approximate surface area is 149 Å². The summed E-state index contributed by atoms with van der Waals surface area (Å²) in [5.41, 5.74) is 3.47. The fourth-order valence-electron chi connectivity index (χ4n) is 2.91. The van der Waals surface area contributed by atoms with Crippen molar-refractivity contribution in [2.45, 2.75) is 24.7 Å². The van der Waals surface area contributed by atoms with Crippen molar-refractivity contribution >= 4 is 28.6 Å². The minimum Gasteiger partial charge on any atom is -0.355 e. The Morgan fingerprint density at radius 2 is 2.00 bits per heavy atom. The van der Waals surface area contributed by atoms with E-state index < -0.39 is 0 Å². The fraction of sp³-hybridized carbons (Fsp3) is 0.263. The normalized spacial score (nSPS) is 15.2. The highest BCUT2D eigenvalue weighted by Crippen LogP contribution is 2.47. The molecule has 0 unspecified atom stereocenters. The van der Waals surface area contributed by atoms with E-state index in [1.54, 1.807) is 22.7 Å². The van der Waals surface area contributed by atoms with Crippen LogP contribution in [0.3, 0.4) is 0 Å². The molecule has 1 saturated carbocycles. The van der Waals surface area contributed by atoms with Crippen molar-refractivity contribution in [1.29, 1.82) is 0 Å². The summed E-state index contributed by atoms with van der Waals surface area (Å²) in [7, 11) is 0. The van der Waals surface area contributed by atoms with Crippen LogP contribution in [0.5, 0.6) is 0 Å². The van der Waals surface area contributed by atoms with Crippen molar-refractivity contribution in [1.82, 2.24) is 10.3 Å². The number of hydrogen-bond donors (Lipinski definition) is 1. The summed E-state index contributed by atoms with van der Waals surface area (Å²) in [6, 6.07) is 12.5. The first kappa shape index (κ1) is 15.5. The van der Waals surface area contributed by atoms with E-state index >= 15 is 0 Å². The van der Waals surface area contributed by atoms with E-state index in [-0.39, 0.29) is 11.3 Å². The monoisotopic (exact) mass is 354 g/mol. The van der Waals surface area contributed by atoms with Crippen LogP contribution in [0.2, 0.25) is 0 Å². The second-order valence-corrected chi connectivity index (χ2v) is 7.89.